The molecule has 1 aromatic rings. The number of nitrogens with one attached hydrogen (secondary N) is 2. The maximum atomic E-state index is 13.4. The van der Waals surface area contributed by atoms with E-state index in [9.17, 15) is 18.4 Å². The molecule has 0 aliphatic carbocycles. The molecule has 4 N–H and O–H groups in total. The van der Waals surface area contributed by atoms with E-state index >= 15 is 0 Å². The second-order valence-electron chi connectivity index (χ2n) is 3.75. The van der Waals surface area contributed by atoms with Gasteiger partial charge in [-0.05, 0) is 12.1 Å². The zero-order chi connectivity index (χ0) is 15.3. The Morgan fingerprint density at radius 3 is 2.30 bits per heavy atom. The highest BCUT2D eigenvalue weighted by molar-refractivity contribution is 9.10. The number of urea groups is 1. The number of carbonyl (C=O) groups excluding carboxylic acids is 1. The molecular weight excluding hydrogens is 342 g/mol. The Balaban J connectivity index is 2.78. The van der Waals surface area contributed by atoms with Gasteiger partial charge in [0.25, 0.3) is 0 Å². The number of halogens is 3. The third-order valence-electron chi connectivity index (χ3n) is 2.27. The maximum Gasteiger partial charge on any atom is 0.326 e. The molecular formula is C11H11BrF2N2O4. The monoisotopic (exact) mass is 352 g/mol. The number of amides is 2. The lowest BCUT2D eigenvalue weighted by Gasteiger charge is -2.14. The molecule has 9 heteroatoms. The Bertz CT molecular complexity index is 504. The zero-order valence-corrected chi connectivity index (χ0v) is 11.6. The quantitative estimate of drug-likeness (QED) is 0.647. The topological polar surface area (TPSA) is 98.7 Å². The molecule has 1 rings (SSSR count). The van der Waals surface area contributed by atoms with Crippen LogP contribution < -0.4 is 10.6 Å². The van der Waals surface area contributed by atoms with Crippen molar-refractivity contribution in [3.63, 3.8) is 0 Å². The smallest absolute Gasteiger partial charge is 0.326 e. The molecule has 0 bridgehead atoms. The molecule has 0 heterocycles. The first-order chi connectivity index (χ1) is 9.35. The summed E-state index contributed by atoms with van der Waals surface area (Å²) in [5.74, 6) is -3.40. The summed E-state index contributed by atoms with van der Waals surface area (Å²) in [7, 11) is 0. The molecule has 0 saturated carbocycles. The van der Waals surface area contributed by atoms with Crippen molar-refractivity contribution in [2.75, 3.05) is 11.9 Å². The number of anilines is 1. The number of hydrogen-bond donors (Lipinski definition) is 4. The minimum absolute atomic E-state index is 0.155. The summed E-state index contributed by atoms with van der Waals surface area (Å²) >= 11 is 2.88. The number of benzene rings is 1. The summed E-state index contributed by atoms with van der Waals surface area (Å²) in [6, 6.07) is -0.560. The summed E-state index contributed by atoms with van der Waals surface area (Å²) in [5.41, 5.74) is -0.696. The second-order valence-corrected chi connectivity index (χ2v) is 4.66. The largest absolute Gasteiger partial charge is 0.480 e. The van der Waals surface area contributed by atoms with E-state index in [1.165, 1.54) is 0 Å². The summed E-state index contributed by atoms with van der Waals surface area (Å²) in [6.45, 7) is -0.460. The van der Waals surface area contributed by atoms with Crippen LogP contribution in [-0.2, 0) is 4.79 Å². The first-order valence-corrected chi connectivity index (χ1v) is 6.20. The van der Waals surface area contributed by atoms with Crippen molar-refractivity contribution in [2.24, 2.45) is 0 Å². The van der Waals surface area contributed by atoms with Crippen LogP contribution in [0.2, 0.25) is 0 Å². The lowest BCUT2D eigenvalue weighted by Crippen LogP contribution is -2.43. The molecule has 0 aliphatic heterocycles. The number of carboxylic acid groups (broad SMARTS) is 1. The molecule has 0 aliphatic rings. The minimum atomic E-state index is -1.37. The summed E-state index contributed by atoms with van der Waals surface area (Å²) in [4.78, 5) is 22.2. The molecule has 1 aromatic carbocycles. The lowest BCUT2D eigenvalue weighted by atomic mass is 10.2. The number of carboxylic acids is 1. The Labute approximate surface area is 120 Å². The van der Waals surface area contributed by atoms with Crippen LogP contribution in [0, 0.1) is 11.6 Å². The van der Waals surface area contributed by atoms with Crippen LogP contribution >= 0.6 is 15.9 Å². The minimum Gasteiger partial charge on any atom is -0.480 e. The number of rotatable bonds is 5. The standard InChI is InChI=1S/C11H11BrF2N2O4/c12-5-3-6(13)9(7(14)4-5)16-11(20)15-8(1-2-17)10(18)19/h3-4,8,17H,1-2H2,(H,18,19)(H2,15,16,20). The number of carbonyl (C=O) groups is 2. The van der Waals surface area contributed by atoms with Crippen LogP contribution in [0.1, 0.15) is 6.42 Å². The molecule has 0 radical (unpaired) electrons. The van der Waals surface area contributed by atoms with Gasteiger partial charge in [-0.3, -0.25) is 0 Å². The van der Waals surface area contributed by atoms with E-state index in [-0.39, 0.29) is 10.9 Å². The van der Waals surface area contributed by atoms with E-state index in [4.69, 9.17) is 10.2 Å². The van der Waals surface area contributed by atoms with Crippen molar-refractivity contribution in [1.29, 1.82) is 0 Å². The van der Waals surface area contributed by atoms with Crippen LogP contribution in [-0.4, -0.2) is 34.9 Å². The van der Waals surface area contributed by atoms with Crippen molar-refractivity contribution < 1.29 is 28.6 Å². The van der Waals surface area contributed by atoms with Gasteiger partial charge in [-0.1, -0.05) is 15.9 Å². The molecule has 110 valence electrons. The van der Waals surface area contributed by atoms with E-state index in [2.05, 4.69) is 15.9 Å². The number of aliphatic hydroxyl groups excluding tert-OH is 1. The van der Waals surface area contributed by atoms with E-state index in [0.29, 0.717) is 0 Å². The first-order valence-electron chi connectivity index (χ1n) is 5.41. The highest BCUT2D eigenvalue weighted by Crippen LogP contribution is 2.23. The molecule has 0 fully saturated rings. The molecule has 1 atom stereocenters. The molecule has 0 spiro atoms. The maximum absolute atomic E-state index is 13.4. The lowest BCUT2D eigenvalue weighted by molar-refractivity contribution is -0.139. The Kier molecular flexibility index (Phi) is 5.83. The summed E-state index contributed by atoms with van der Waals surface area (Å²) < 4.78 is 27.0. The fourth-order valence-corrected chi connectivity index (χ4v) is 1.76. The van der Waals surface area contributed by atoms with Crippen molar-refractivity contribution in [3.8, 4) is 0 Å². The van der Waals surface area contributed by atoms with Gasteiger partial charge in [-0.2, -0.15) is 0 Å². The van der Waals surface area contributed by atoms with E-state index in [0.717, 1.165) is 12.1 Å². The Morgan fingerprint density at radius 2 is 1.85 bits per heavy atom. The van der Waals surface area contributed by atoms with Crippen molar-refractivity contribution in [2.45, 2.75) is 12.5 Å². The van der Waals surface area contributed by atoms with Gasteiger partial charge in [0.15, 0.2) is 11.6 Å². The SMILES string of the molecule is O=C(Nc1c(F)cc(Br)cc1F)NC(CCO)C(=O)O. The van der Waals surface area contributed by atoms with Crippen LogP contribution in [0.3, 0.4) is 0 Å². The molecule has 20 heavy (non-hydrogen) atoms. The van der Waals surface area contributed by atoms with Crippen LogP contribution in [0.25, 0.3) is 0 Å². The predicted octanol–water partition coefficient (Wildman–Crippen LogP) is 1.68. The van der Waals surface area contributed by atoms with Crippen LogP contribution in [0.4, 0.5) is 19.3 Å². The molecule has 0 aromatic heterocycles. The highest BCUT2D eigenvalue weighted by atomic mass is 79.9. The van der Waals surface area contributed by atoms with Crippen LogP contribution in [0.15, 0.2) is 16.6 Å². The van der Waals surface area contributed by atoms with Gasteiger partial charge in [-0.25, -0.2) is 18.4 Å². The summed E-state index contributed by atoms with van der Waals surface area (Å²) in [6.07, 6.45) is -0.228. The third-order valence-corrected chi connectivity index (χ3v) is 2.72. The fourth-order valence-electron chi connectivity index (χ4n) is 1.36. The highest BCUT2D eigenvalue weighted by Gasteiger charge is 2.21. The van der Waals surface area contributed by atoms with Gasteiger partial charge in [0, 0.05) is 17.5 Å². The van der Waals surface area contributed by atoms with Crippen molar-refractivity contribution >= 4 is 33.6 Å². The van der Waals surface area contributed by atoms with E-state index in [1.54, 1.807) is 0 Å². The van der Waals surface area contributed by atoms with Gasteiger partial charge in [-0.15, -0.1) is 0 Å². The van der Waals surface area contributed by atoms with Crippen molar-refractivity contribution in [3.05, 3.63) is 28.2 Å². The average Bonchev–Trinajstić information content (AvgIpc) is 2.33. The van der Waals surface area contributed by atoms with Gasteiger partial charge in [0.1, 0.15) is 11.7 Å². The third kappa shape index (κ3) is 4.42. The molecule has 2 amide bonds. The number of aliphatic hydroxyl groups is 1. The first kappa shape index (κ1) is 16.3. The van der Waals surface area contributed by atoms with Crippen molar-refractivity contribution in [1.82, 2.24) is 5.32 Å². The Hall–Kier alpha value is -1.74. The molecule has 0 saturated heterocycles. The number of aliphatic carboxylic acids is 1. The molecule has 1 unspecified atom stereocenters. The average molecular weight is 353 g/mol. The normalized spacial score (nSPS) is 11.8. The fraction of sp³-hybridized carbons (Fsp3) is 0.273. The second kappa shape index (κ2) is 7.15. The van der Waals surface area contributed by atoms with Crippen LogP contribution in [0.5, 0.6) is 0 Å². The van der Waals surface area contributed by atoms with Gasteiger partial charge in [0.05, 0.1) is 0 Å². The summed E-state index contributed by atoms with van der Waals surface area (Å²) in [5, 5.41) is 21.3. The zero-order valence-electron chi connectivity index (χ0n) is 9.99. The number of hydrogen-bond acceptors (Lipinski definition) is 3. The Morgan fingerprint density at radius 1 is 1.30 bits per heavy atom. The van der Waals surface area contributed by atoms with Gasteiger partial charge < -0.3 is 20.8 Å². The van der Waals surface area contributed by atoms with E-state index < -0.39 is 42.0 Å². The van der Waals surface area contributed by atoms with E-state index in [1.807, 2.05) is 10.6 Å². The predicted molar refractivity (Wildman–Crippen MR) is 69.3 cm³/mol. The van der Waals surface area contributed by atoms with Gasteiger partial charge >= 0.3 is 12.0 Å². The molecule has 6 nitrogen and oxygen atoms in total. The van der Waals surface area contributed by atoms with Gasteiger partial charge in [0.2, 0.25) is 0 Å².